The van der Waals surface area contributed by atoms with Crippen LogP contribution in [0.25, 0.3) is 0 Å². The number of rotatable bonds is 12. The van der Waals surface area contributed by atoms with E-state index in [2.05, 4.69) is 143 Å². The summed E-state index contributed by atoms with van der Waals surface area (Å²) in [6, 6.07) is 43.8. The molecule has 0 unspecified atom stereocenters. The minimum absolute atomic E-state index is 0. The predicted octanol–water partition coefficient (Wildman–Crippen LogP) is -4.63. The van der Waals surface area contributed by atoms with Gasteiger partial charge in [0.05, 0.1) is 76.5 Å². The van der Waals surface area contributed by atoms with Crippen molar-refractivity contribution >= 4 is 76.2 Å². The molecule has 0 amide bonds. The fourth-order valence-corrected chi connectivity index (χ4v) is 10.2. The number of aliphatic carboxylic acids is 4. The van der Waals surface area contributed by atoms with Gasteiger partial charge < -0.3 is 69.2 Å². The van der Waals surface area contributed by atoms with Gasteiger partial charge in [-0.05, 0) is 74.2 Å². The molecule has 70 heavy (non-hydrogen) atoms. The van der Waals surface area contributed by atoms with Gasteiger partial charge >= 0.3 is 40.9 Å². The van der Waals surface area contributed by atoms with Crippen LogP contribution < -0.4 is 62.9 Å². The van der Waals surface area contributed by atoms with Gasteiger partial charge in [0.1, 0.15) is 28.5 Å². The first-order valence-corrected chi connectivity index (χ1v) is 23.4. The molecule has 0 aromatic heterocycles. The second-order valence-corrected chi connectivity index (χ2v) is 17.6. The van der Waals surface area contributed by atoms with Crippen molar-refractivity contribution in [2.45, 2.75) is 25.7 Å². The molecule has 0 bridgehead atoms. The molecule has 2 saturated heterocycles. The minimum atomic E-state index is -1.91. The van der Waals surface area contributed by atoms with E-state index in [9.17, 15) is 58.8 Å². The summed E-state index contributed by atoms with van der Waals surface area (Å²) >= 11 is 0. The van der Waals surface area contributed by atoms with E-state index in [1.165, 1.54) is 21.2 Å². The van der Waals surface area contributed by atoms with E-state index in [1.54, 1.807) is 0 Å². The summed E-state index contributed by atoms with van der Waals surface area (Å²) in [5.41, 5.74) is 0. The van der Waals surface area contributed by atoms with Crippen LogP contribution in [-0.2, 0) is 74.4 Å². The topological polar surface area (TPSA) is 314 Å². The first-order valence-electron chi connectivity index (χ1n) is 21.6. The van der Waals surface area contributed by atoms with E-state index in [4.69, 9.17) is 18.9 Å². The monoisotopic (exact) mass is 1030 g/mol. The molecule has 0 saturated carbocycles. The average Bonchev–Trinajstić information content (AvgIpc) is 3.40. The summed E-state index contributed by atoms with van der Waals surface area (Å²) in [7, 11) is -1.91. The van der Waals surface area contributed by atoms with Gasteiger partial charge in [-0.3, -0.25) is 29.8 Å². The Hall–Kier alpha value is -6.57. The Morgan fingerprint density at radius 3 is 0.786 bits per heavy atom. The van der Waals surface area contributed by atoms with Crippen LogP contribution in [0, 0.1) is 0 Å². The quantitative estimate of drug-likeness (QED) is 0.0449. The van der Waals surface area contributed by atoms with Crippen molar-refractivity contribution in [1.29, 1.82) is 0 Å². The van der Waals surface area contributed by atoms with Crippen LogP contribution in [0.2, 0.25) is 0 Å². The number of hydrogen-bond donors (Lipinski definition) is 4. The van der Waals surface area contributed by atoms with Crippen molar-refractivity contribution in [2.75, 3.05) is 78.8 Å². The number of carboxylic acids is 4. The van der Waals surface area contributed by atoms with Crippen LogP contribution in [0.4, 0.5) is 0 Å². The van der Waals surface area contributed by atoms with E-state index in [-0.39, 0.29) is 67.1 Å². The summed E-state index contributed by atoms with van der Waals surface area (Å²) in [4.78, 5) is 81.9. The van der Waals surface area contributed by atoms with Gasteiger partial charge in [-0.25, -0.2) is 0 Å². The van der Waals surface area contributed by atoms with Crippen LogP contribution in [0.1, 0.15) is 25.7 Å². The van der Waals surface area contributed by atoms with Crippen LogP contribution in [-0.4, -0.2) is 127 Å². The smallest absolute Gasteiger partial charge is 0.549 e. The average molecular weight is 1030 g/mol. The third kappa shape index (κ3) is 26.8. The number of carboxylic acid groups (broad SMARTS) is 4. The number of nitrogens with one attached hydrogen (secondary N) is 4. The molecule has 2 aliphatic rings. The zero-order chi connectivity index (χ0) is 50.5. The van der Waals surface area contributed by atoms with Crippen molar-refractivity contribution in [3.63, 3.8) is 0 Å². The molecule has 2 heterocycles. The van der Waals surface area contributed by atoms with Crippen LogP contribution in [0.15, 0.2) is 121 Å². The molecule has 2 aliphatic heterocycles. The summed E-state index contributed by atoms with van der Waals surface area (Å²) in [6.07, 6.45) is 2.94. The summed E-state index contributed by atoms with van der Waals surface area (Å²) in [5, 5.41) is 53.3. The first-order chi connectivity index (χ1) is 33.2. The standard InChI is InChI=1S/C24H20P.2C8H13NO4.2C4H7NO4.Fe/c1-5-13-21(14-6-1)25(22-15-7-2-8-16-22,23-17-9-3-10-18-23)24-19-11-4-12-20-24;2*10-7-5-9-6-8(11)13-4-2-1-3-12-7;2*6-3(7)1-5-2-4(8)9;/h1-20H;2*9H,1-6H2;2*5H,1-2H2,(H,6,7)(H,8,9);/q+1;;;;;+3/p-4. The van der Waals surface area contributed by atoms with Gasteiger partial charge in [-0.2, -0.15) is 0 Å². The number of cyclic esters (lactones) is 4. The molecule has 2 fully saturated rings. The zero-order valence-corrected chi connectivity index (χ0v) is 40.2. The van der Waals surface area contributed by atoms with Crippen molar-refractivity contribution in [3.8, 4) is 0 Å². The van der Waals surface area contributed by atoms with E-state index >= 15 is 0 Å². The first kappa shape index (κ1) is 61.4. The summed E-state index contributed by atoms with van der Waals surface area (Å²) < 4.78 is 19.4. The second kappa shape index (κ2) is 37.3. The van der Waals surface area contributed by atoms with Gasteiger partial charge in [-0.15, -0.1) is 0 Å². The van der Waals surface area contributed by atoms with Crippen molar-refractivity contribution in [2.24, 2.45) is 0 Å². The Bertz CT molecular complexity index is 1860. The van der Waals surface area contributed by atoms with Crippen molar-refractivity contribution in [3.05, 3.63) is 121 Å². The third-order valence-electron chi connectivity index (χ3n) is 8.86. The number of ether oxygens (including phenoxy) is 4. The molecule has 22 heteroatoms. The third-order valence-corrected chi connectivity index (χ3v) is 13.1. The second-order valence-electron chi connectivity index (χ2n) is 14.2. The van der Waals surface area contributed by atoms with Gasteiger partial charge in [0.2, 0.25) is 0 Å². The summed E-state index contributed by atoms with van der Waals surface area (Å²) in [5.74, 6) is -6.64. The molecule has 20 nitrogen and oxygen atoms in total. The number of carbonyl (C=O) groups excluding carboxylic acids is 8. The van der Waals surface area contributed by atoms with Gasteiger partial charge in [0, 0.05) is 26.2 Å². The van der Waals surface area contributed by atoms with E-state index in [1.807, 2.05) is 0 Å². The number of carbonyl (C=O) groups is 8. The van der Waals surface area contributed by atoms with Gasteiger partial charge in [0.15, 0.2) is 0 Å². The van der Waals surface area contributed by atoms with E-state index in [0.717, 1.165) is 25.7 Å². The Morgan fingerprint density at radius 2 is 0.600 bits per heavy atom. The molecular weight excluding hydrogens is 975 g/mol. The molecular formula is C48H56FeN4O16P. The molecule has 1 radical (unpaired) electrons. The number of esters is 4. The van der Waals surface area contributed by atoms with E-state index in [0.29, 0.717) is 26.4 Å². The Labute approximate surface area is 416 Å². The molecule has 0 spiro atoms. The SMILES string of the molecule is O=C([O-])CNCC(=O)[O-].O=C([O-])CNCC(=O)[O-].O=C1CNCC(=O)OCCCCO1.O=C1CNCC(=O)OCCCCO1.[Fe+3].c1ccc([P+](c2ccccc2)(c2ccccc2)c2ccccc2)cc1. The molecule has 4 N–H and O–H groups in total. The van der Waals surface area contributed by atoms with Gasteiger partial charge in [-0.1, -0.05) is 72.8 Å². The normalized spacial score (nSPS) is 14.2. The Kier molecular flexibility index (Phi) is 32.8. The van der Waals surface area contributed by atoms with Gasteiger partial charge in [0.25, 0.3) is 0 Å². The molecule has 0 atom stereocenters. The maximum Gasteiger partial charge on any atom is 3.00 e. The number of benzene rings is 4. The summed E-state index contributed by atoms with van der Waals surface area (Å²) in [6.45, 7) is 0.00454. The molecule has 4 aromatic rings. The predicted molar refractivity (Wildman–Crippen MR) is 245 cm³/mol. The molecule has 6 rings (SSSR count). The number of hydrogen-bond acceptors (Lipinski definition) is 20. The van der Waals surface area contributed by atoms with Crippen LogP contribution in [0.3, 0.4) is 0 Å². The van der Waals surface area contributed by atoms with Crippen molar-refractivity contribution in [1.82, 2.24) is 21.3 Å². The van der Waals surface area contributed by atoms with Crippen molar-refractivity contribution < 1.29 is 94.8 Å². The molecule has 4 aromatic carbocycles. The largest absolute Gasteiger partial charge is 3.00 e. The van der Waals surface area contributed by atoms with Crippen LogP contribution >= 0.6 is 7.26 Å². The zero-order valence-electron chi connectivity index (χ0n) is 38.2. The fourth-order valence-electron chi connectivity index (χ4n) is 5.92. The fraction of sp³-hybridized carbons (Fsp3) is 0.333. The molecule has 0 aliphatic carbocycles. The maximum atomic E-state index is 10.9. The minimum Gasteiger partial charge on any atom is -0.549 e. The Balaban J connectivity index is 0.000000469. The van der Waals surface area contributed by atoms with E-state index < -0.39 is 57.3 Å². The Morgan fingerprint density at radius 1 is 0.400 bits per heavy atom. The maximum absolute atomic E-state index is 10.9. The van der Waals surface area contributed by atoms with Crippen LogP contribution in [0.5, 0.6) is 0 Å². The molecule has 377 valence electrons.